The molecular formula is C34H44ClN7S. The molecule has 7 nitrogen and oxygen atoms in total. The summed E-state index contributed by atoms with van der Waals surface area (Å²) in [6.45, 7) is 8.88. The van der Waals surface area contributed by atoms with Crippen molar-refractivity contribution in [1.82, 2.24) is 15.3 Å². The fourth-order valence-electron chi connectivity index (χ4n) is 7.03. The number of piperazine rings is 1. The third kappa shape index (κ3) is 7.35. The van der Waals surface area contributed by atoms with Gasteiger partial charge in [-0.2, -0.15) is 9.97 Å². The first-order valence-electron chi connectivity index (χ1n) is 16.0. The van der Waals surface area contributed by atoms with Gasteiger partial charge in [-0.1, -0.05) is 68.1 Å². The highest BCUT2D eigenvalue weighted by Gasteiger charge is 2.34. The van der Waals surface area contributed by atoms with Gasteiger partial charge in [0.25, 0.3) is 0 Å². The number of hydrogen-bond donors (Lipinski definition) is 2. The molecule has 0 radical (unpaired) electrons. The molecule has 3 heterocycles. The lowest BCUT2D eigenvalue weighted by Crippen LogP contribution is -2.47. The van der Waals surface area contributed by atoms with E-state index in [1.165, 1.54) is 43.4 Å². The Bertz CT molecular complexity index is 1350. The van der Waals surface area contributed by atoms with Crippen LogP contribution in [0.4, 0.5) is 23.3 Å². The zero-order chi connectivity index (χ0) is 29.6. The summed E-state index contributed by atoms with van der Waals surface area (Å²) in [6.07, 6.45) is 8.48. The van der Waals surface area contributed by atoms with E-state index in [9.17, 15) is 0 Å². The van der Waals surface area contributed by atoms with Gasteiger partial charge in [0.15, 0.2) is 5.11 Å². The SMILES string of the molecule is C[C@H]1CCCN(c2cc(N3CCN(c4ccccc4)CC3)nc(NC(=S)NCC3(c4ccc(Cl)cc4)CCCCC3)n2)C1. The average Bonchev–Trinajstić information content (AvgIpc) is 3.05. The van der Waals surface area contributed by atoms with Crippen molar-refractivity contribution in [3.8, 4) is 0 Å². The molecule has 43 heavy (non-hydrogen) atoms. The van der Waals surface area contributed by atoms with E-state index in [4.69, 9.17) is 33.8 Å². The van der Waals surface area contributed by atoms with Gasteiger partial charge < -0.3 is 25.3 Å². The average molecular weight is 618 g/mol. The van der Waals surface area contributed by atoms with Crippen molar-refractivity contribution in [3.05, 3.63) is 71.2 Å². The largest absolute Gasteiger partial charge is 0.368 e. The van der Waals surface area contributed by atoms with E-state index in [1.54, 1.807) is 0 Å². The van der Waals surface area contributed by atoms with Gasteiger partial charge >= 0.3 is 0 Å². The van der Waals surface area contributed by atoms with Gasteiger partial charge in [-0.15, -0.1) is 0 Å². The lowest BCUT2D eigenvalue weighted by atomic mass is 9.69. The molecule has 9 heteroatoms. The van der Waals surface area contributed by atoms with Crippen LogP contribution in [-0.4, -0.2) is 60.9 Å². The summed E-state index contributed by atoms with van der Waals surface area (Å²) in [5.41, 5.74) is 2.66. The van der Waals surface area contributed by atoms with Crippen LogP contribution in [-0.2, 0) is 5.41 Å². The van der Waals surface area contributed by atoms with Gasteiger partial charge in [0, 0.05) is 68.0 Å². The second kappa shape index (κ2) is 13.7. The normalized spacial score (nSPS) is 20.5. The fraction of sp³-hybridized carbons (Fsp3) is 0.500. The molecule has 2 saturated heterocycles. The molecule has 0 bridgehead atoms. The quantitative estimate of drug-likeness (QED) is 0.278. The van der Waals surface area contributed by atoms with Crippen molar-refractivity contribution in [3.63, 3.8) is 0 Å². The van der Waals surface area contributed by atoms with Crippen LogP contribution in [0.5, 0.6) is 0 Å². The Balaban J connectivity index is 1.17. The van der Waals surface area contributed by atoms with Crippen molar-refractivity contribution in [2.24, 2.45) is 5.92 Å². The first-order chi connectivity index (χ1) is 21.0. The Kier molecular flexibility index (Phi) is 9.53. The molecular weight excluding hydrogens is 574 g/mol. The fourth-order valence-corrected chi connectivity index (χ4v) is 7.32. The van der Waals surface area contributed by atoms with Crippen LogP contribution in [0.2, 0.25) is 5.02 Å². The van der Waals surface area contributed by atoms with Gasteiger partial charge in [0.05, 0.1) is 0 Å². The van der Waals surface area contributed by atoms with E-state index < -0.39 is 0 Å². The highest BCUT2D eigenvalue weighted by molar-refractivity contribution is 7.80. The summed E-state index contributed by atoms with van der Waals surface area (Å²) in [6, 6.07) is 21.2. The molecule has 0 amide bonds. The summed E-state index contributed by atoms with van der Waals surface area (Å²) in [5.74, 6) is 3.17. The number of nitrogens with one attached hydrogen (secondary N) is 2. The molecule has 6 rings (SSSR count). The van der Waals surface area contributed by atoms with Crippen LogP contribution in [0.15, 0.2) is 60.7 Å². The molecule has 1 aliphatic carbocycles. The number of aromatic nitrogens is 2. The topological polar surface area (TPSA) is 59.6 Å². The lowest BCUT2D eigenvalue weighted by Gasteiger charge is -2.38. The van der Waals surface area contributed by atoms with E-state index in [-0.39, 0.29) is 5.41 Å². The molecule has 2 N–H and O–H groups in total. The van der Waals surface area contributed by atoms with Gasteiger partial charge in [0.1, 0.15) is 11.6 Å². The minimum atomic E-state index is 0.0464. The van der Waals surface area contributed by atoms with Crippen LogP contribution in [0, 0.1) is 5.92 Å². The summed E-state index contributed by atoms with van der Waals surface area (Å²) in [4.78, 5) is 17.2. The molecule has 2 aliphatic heterocycles. The second-order valence-electron chi connectivity index (χ2n) is 12.6. The molecule has 2 aromatic carbocycles. The molecule has 1 saturated carbocycles. The minimum absolute atomic E-state index is 0.0464. The monoisotopic (exact) mass is 617 g/mol. The van der Waals surface area contributed by atoms with Crippen molar-refractivity contribution >= 4 is 52.2 Å². The highest BCUT2D eigenvalue weighted by Crippen LogP contribution is 2.39. The number of piperidine rings is 1. The standard InChI is InChI=1S/C34H44ClN7S/c1-26-9-8-18-42(24-26)31-23-30(41-21-19-40(20-22-41)29-10-4-2-5-11-29)37-32(38-31)39-33(43)36-25-34(16-6-3-7-17-34)27-12-14-28(35)15-13-27/h2,4-5,10-15,23,26H,3,6-9,16-22,24-25H2,1H3,(H2,36,37,38,39,43)/t26-/m0/s1. The Morgan fingerprint density at radius 3 is 2.23 bits per heavy atom. The van der Waals surface area contributed by atoms with Crippen LogP contribution in [0.25, 0.3) is 0 Å². The molecule has 0 unspecified atom stereocenters. The van der Waals surface area contributed by atoms with Crippen LogP contribution in [0.3, 0.4) is 0 Å². The number of benzene rings is 2. The third-order valence-electron chi connectivity index (χ3n) is 9.49. The molecule has 3 fully saturated rings. The van der Waals surface area contributed by atoms with Crippen molar-refractivity contribution < 1.29 is 0 Å². The van der Waals surface area contributed by atoms with E-state index in [0.29, 0.717) is 17.0 Å². The Morgan fingerprint density at radius 1 is 0.860 bits per heavy atom. The summed E-state index contributed by atoms with van der Waals surface area (Å²) in [7, 11) is 0. The number of nitrogens with zero attached hydrogens (tertiary/aromatic N) is 5. The summed E-state index contributed by atoms with van der Waals surface area (Å²) < 4.78 is 0. The minimum Gasteiger partial charge on any atom is -0.368 e. The van der Waals surface area contributed by atoms with Gasteiger partial charge in [-0.3, -0.25) is 0 Å². The molecule has 3 aliphatic rings. The number of anilines is 4. The third-order valence-corrected chi connectivity index (χ3v) is 9.98. The second-order valence-corrected chi connectivity index (χ2v) is 13.4. The molecule has 3 aromatic rings. The Morgan fingerprint density at radius 2 is 1.53 bits per heavy atom. The van der Waals surface area contributed by atoms with Gasteiger partial charge in [-0.05, 0) is 73.6 Å². The maximum absolute atomic E-state index is 6.23. The maximum atomic E-state index is 6.23. The van der Waals surface area contributed by atoms with Gasteiger partial charge in [0.2, 0.25) is 5.95 Å². The summed E-state index contributed by atoms with van der Waals surface area (Å²) in [5, 5.41) is 8.28. The predicted octanol–water partition coefficient (Wildman–Crippen LogP) is 6.88. The Hall–Kier alpha value is -3.10. The first-order valence-corrected chi connectivity index (χ1v) is 16.8. The van der Waals surface area contributed by atoms with E-state index in [2.05, 4.69) is 80.8 Å². The van der Waals surface area contributed by atoms with E-state index in [0.717, 1.165) is 75.3 Å². The van der Waals surface area contributed by atoms with Crippen LogP contribution in [0.1, 0.15) is 57.4 Å². The van der Waals surface area contributed by atoms with E-state index >= 15 is 0 Å². The summed E-state index contributed by atoms with van der Waals surface area (Å²) >= 11 is 12.1. The number of para-hydroxylation sites is 1. The molecule has 1 atom stereocenters. The predicted molar refractivity (Wildman–Crippen MR) is 184 cm³/mol. The number of halogens is 1. The zero-order valence-electron chi connectivity index (χ0n) is 25.3. The Labute approximate surface area is 267 Å². The highest BCUT2D eigenvalue weighted by atomic mass is 35.5. The van der Waals surface area contributed by atoms with Crippen molar-refractivity contribution in [1.29, 1.82) is 0 Å². The first kappa shape index (κ1) is 29.9. The van der Waals surface area contributed by atoms with Crippen LogP contribution >= 0.6 is 23.8 Å². The molecule has 1 aromatic heterocycles. The molecule has 0 spiro atoms. The van der Waals surface area contributed by atoms with E-state index in [1.807, 2.05) is 12.1 Å². The number of hydrogen-bond acceptors (Lipinski definition) is 6. The lowest BCUT2D eigenvalue weighted by molar-refractivity contribution is 0.292. The number of thiocarbonyl (C=S) groups is 1. The maximum Gasteiger partial charge on any atom is 0.232 e. The number of rotatable bonds is 7. The zero-order valence-corrected chi connectivity index (χ0v) is 26.8. The smallest absolute Gasteiger partial charge is 0.232 e. The van der Waals surface area contributed by atoms with Gasteiger partial charge in [-0.25, -0.2) is 0 Å². The van der Waals surface area contributed by atoms with Crippen molar-refractivity contribution in [2.45, 2.75) is 57.3 Å². The molecule has 228 valence electrons. The van der Waals surface area contributed by atoms with Crippen LogP contribution < -0.4 is 25.3 Å². The van der Waals surface area contributed by atoms with Crippen molar-refractivity contribution in [2.75, 3.05) is 65.8 Å².